The minimum Gasteiger partial charge on any atom is -0.349 e. The van der Waals surface area contributed by atoms with Crippen LogP contribution in [0, 0.1) is 5.92 Å². The molecular formula is C20H30N2O3S. The summed E-state index contributed by atoms with van der Waals surface area (Å²) in [4.78, 5) is 12.9. The Morgan fingerprint density at radius 3 is 2.54 bits per heavy atom. The molecule has 1 aromatic carbocycles. The quantitative estimate of drug-likeness (QED) is 0.871. The number of hydrogen-bond acceptors (Lipinski definition) is 3. The largest absolute Gasteiger partial charge is 0.349 e. The lowest BCUT2D eigenvalue weighted by Gasteiger charge is -2.32. The number of hydrogen-bond donors (Lipinski definition) is 1. The lowest BCUT2D eigenvalue weighted by atomic mass is 9.86. The standard InChI is InChI=1S/C20H30N2O3S/c1-15-8-3-4-12-19(15)21-20(23)17-10-7-11-18(14-17)26(24,25)22-13-6-5-9-16(22)2/h7,10-11,14-16,19H,3-6,8-9,12-13H2,1-2H3,(H,21,23)/t15-,16+,19-/m1/s1. The van der Waals surface area contributed by atoms with E-state index in [0.29, 0.717) is 18.0 Å². The van der Waals surface area contributed by atoms with Crippen LogP contribution in [-0.4, -0.2) is 37.3 Å². The van der Waals surface area contributed by atoms with Gasteiger partial charge in [-0.1, -0.05) is 32.3 Å². The van der Waals surface area contributed by atoms with Gasteiger partial charge in [-0.2, -0.15) is 4.31 Å². The van der Waals surface area contributed by atoms with Gasteiger partial charge in [0, 0.05) is 24.2 Å². The summed E-state index contributed by atoms with van der Waals surface area (Å²) in [5, 5.41) is 3.10. The average Bonchev–Trinajstić information content (AvgIpc) is 2.64. The Labute approximate surface area is 157 Å². The van der Waals surface area contributed by atoms with Crippen LogP contribution in [0.2, 0.25) is 0 Å². The van der Waals surface area contributed by atoms with Crippen LogP contribution in [0.4, 0.5) is 0 Å². The zero-order chi connectivity index (χ0) is 18.7. The number of rotatable bonds is 4. The molecule has 3 rings (SSSR count). The van der Waals surface area contributed by atoms with Crippen molar-refractivity contribution in [3.05, 3.63) is 29.8 Å². The van der Waals surface area contributed by atoms with Gasteiger partial charge in [0.1, 0.15) is 0 Å². The lowest BCUT2D eigenvalue weighted by Crippen LogP contribution is -2.42. The minimum atomic E-state index is -3.56. The zero-order valence-electron chi connectivity index (χ0n) is 15.8. The minimum absolute atomic E-state index is 0.00863. The fraction of sp³-hybridized carbons (Fsp3) is 0.650. The fourth-order valence-corrected chi connectivity index (χ4v) is 5.89. The Morgan fingerprint density at radius 1 is 1.08 bits per heavy atom. The van der Waals surface area contributed by atoms with Crippen LogP contribution >= 0.6 is 0 Å². The molecule has 0 aromatic heterocycles. The Hall–Kier alpha value is -1.40. The predicted octanol–water partition coefficient (Wildman–Crippen LogP) is 3.56. The molecule has 1 aliphatic heterocycles. The third-order valence-electron chi connectivity index (χ3n) is 5.87. The normalized spacial score (nSPS) is 27.8. The van der Waals surface area contributed by atoms with Crippen LogP contribution in [0.1, 0.15) is 69.2 Å². The van der Waals surface area contributed by atoms with Gasteiger partial charge in [-0.15, -0.1) is 0 Å². The molecule has 0 spiro atoms. The van der Waals surface area contributed by atoms with Gasteiger partial charge in [-0.25, -0.2) is 8.42 Å². The maximum absolute atomic E-state index is 13.0. The highest BCUT2D eigenvalue weighted by molar-refractivity contribution is 7.89. The molecule has 144 valence electrons. The Kier molecular flexibility index (Phi) is 6.03. The molecule has 0 bridgehead atoms. The molecule has 1 amide bonds. The number of nitrogens with zero attached hydrogens (tertiary/aromatic N) is 1. The zero-order valence-corrected chi connectivity index (χ0v) is 16.6. The van der Waals surface area contributed by atoms with E-state index in [9.17, 15) is 13.2 Å². The summed E-state index contributed by atoms with van der Waals surface area (Å²) in [5.74, 6) is 0.293. The van der Waals surface area contributed by atoms with Gasteiger partial charge in [-0.05, 0) is 56.7 Å². The molecule has 2 fully saturated rings. The summed E-state index contributed by atoms with van der Waals surface area (Å²) in [6.45, 7) is 4.68. The highest BCUT2D eigenvalue weighted by Crippen LogP contribution is 2.26. The third-order valence-corrected chi connectivity index (χ3v) is 7.88. The van der Waals surface area contributed by atoms with Crippen LogP contribution in [0.25, 0.3) is 0 Å². The van der Waals surface area contributed by atoms with E-state index in [-0.39, 0.29) is 22.9 Å². The highest BCUT2D eigenvalue weighted by atomic mass is 32.2. The number of sulfonamides is 1. The van der Waals surface area contributed by atoms with E-state index in [0.717, 1.165) is 38.5 Å². The van der Waals surface area contributed by atoms with Crippen molar-refractivity contribution in [3.8, 4) is 0 Å². The molecule has 6 heteroatoms. The maximum Gasteiger partial charge on any atom is 0.251 e. The third kappa shape index (κ3) is 4.12. The summed E-state index contributed by atoms with van der Waals surface area (Å²) < 4.78 is 27.6. The van der Waals surface area contributed by atoms with Gasteiger partial charge >= 0.3 is 0 Å². The summed E-state index contributed by atoms with van der Waals surface area (Å²) in [6, 6.07) is 6.67. The molecule has 26 heavy (non-hydrogen) atoms. The van der Waals surface area contributed by atoms with Gasteiger partial charge in [0.05, 0.1) is 4.90 Å². The monoisotopic (exact) mass is 378 g/mol. The smallest absolute Gasteiger partial charge is 0.251 e. The van der Waals surface area contributed by atoms with Crippen LogP contribution in [0.15, 0.2) is 29.2 Å². The molecular weight excluding hydrogens is 348 g/mol. The number of amides is 1. The maximum atomic E-state index is 13.0. The second-order valence-corrected chi connectivity index (χ2v) is 9.72. The van der Waals surface area contributed by atoms with Gasteiger partial charge in [0.25, 0.3) is 5.91 Å². The van der Waals surface area contributed by atoms with Crippen molar-refractivity contribution in [3.63, 3.8) is 0 Å². The molecule has 1 aromatic rings. The van der Waals surface area contributed by atoms with Crippen LogP contribution in [-0.2, 0) is 10.0 Å². The average molecular weight is 379 g/mol. The van der Waals surface area contributed by atoms with Gasteiger partial charge in [0.2, 0.25) is 10.0 Å². The van der Waals surface area contributed by atoms with E-state index < -0.39 is 10.0 Å². The number of carbonyl (C=O) groups is 1. The molecule has 1 N–H and O–H groups in total. The molecule has 1 saturated carbocycles. The molecule has 5 nitrogen and oxygen atoms in total. The van der Waals surface area contributed by atoms with Crippen LogP contribution in [0.5, 0.6) is 0 Å². The van der Waals surface area contributed by atoms with E-state index in [1.54, 1.807) is 22.5 Å². The number of benzene rings is 1. The summed E-state index contributed by atoms with van der Waals surface area (Å²) in [7, 11) is -3.56. The second kappa shape index (κ2) is 8.09. The van der Waals surface area contributed by atoms with Crippen molar-refractivity contribution >= 4 is 15.9 Å². The van der Waals surface area contributed by atoms with Crippen molar-refractivity contribution in [1.29, 1.82) is 0 Å². The van der Waals surface area contributed by atoms with Crippen molar-refractivity contribution < 1.29 is 13.2 Å². The number of nitrogens with one attached hydrogen (secondary N) is 1. The van der Waals surface area contributed by atoms with Crippen molar-refractivity contribution in [1.82, 2.24) is 9.62 Å². The first-order chi connectivity index (χ1) is 12.4. The number of carbonyl (C=O) groups excluding carboxylic acids is 1. The molecule has 1 heterocycles. The van der Waals surface area contributed by atoms with Crippen LogP contribution < -0.4 is 5.32 Å². The summed E-state index contributed by atoms with van der Waals surface area (Å²) in [6.07, 6.45) is 7.33. The van der Waals surface area contributed by atoms with E-state index in [1.165, 1.54) is 12.5 Å². The first-order valence-corrected chi connectivity index (χ1v) is 11.3. The van der Waals surface area contributed by atoms with Gasteiger partial charge in [-0.3, -0.25) is 4.79 Å². The molecule has 1 saturated heterocycles. The van der Waals surface area contributed by atoms with Gasteiger partial charge in [0.15, 0.2) is 0 Å². The summed E-state index contributed by atoms with van der Waals surface area (Å²) >= 11 is 0. The van der Waals surface area contributed by atoms with Crippen molar-refractivity contribution in [2.45, 2.75) is 75.8 Å². The Balaban J connectivity index is 1.78. The SMILES string of the molecule is C[C@@H]1CCCC[C@H]1NC(=O)c1cccc(S(=O)(=O)N2CCCC[C@@H]2C)c1. The van der Waals surface area contributed by atoms with Gasteiger partial charge < -0.3 is 5.32 Å². The molecule has 0 radical (unpaired) electrons. The Morgan fingerprint density at radius 2 is 1.81 bits per heavy atom. The molecule has 0 unspecified atom stereocenters. The highest BCUT2D eigenvalue weighted by Gasteiger charge is 2.31. The van der Waals surface area contributed by atoms with Crippen molar-refractivity contribution in [2.75, 3.05) is 6.54 Å². The summed E-state index contributed by atoms with van der Waals surface area (Å²) in [5.41, 5.74) is 0.425. The first-order valence-electron chi connectivity index (χ1n) is 9.82. The molecule has 3 atom stereocenters. The van der Waals surface area contributed by atoms with E-state index >= 15 is 0 Å². The lowest BCUT2D eigenvalue weighted by molar-refractivity contribution is 0.0910. The van der Waals surface area contributed by atoms with E-state index in [4.69, 9.17) is 0 Å². The van der Waals surface area contributed by atoms with E-state index in [1.807, 2.05) is 6.92 Å². The van der Waals surface area contributed by atoms with E-state index in [2.05, 4.69) is 12.2 Å². The van der Waals surface area contributed by atoms with Crippen LogP contribution in [0.3, 0.4) is 0 Å². The predicted molar refractivity (Wildman–Crippen MR) is 103 cm³/mol. The molecule has 2 aliphatic rings. The topological polar surface area (TPSA) is 66.5 Å². The second-order valence-electron chi connectivity index (χ2n) is 7.83. The van der Waals surface area contributed by atoms with Crippen molar-refractivity contribution in [2.24, 2.45) is 5.92 Å². The fourth-order valence-electron chi connectivity index (χ4n) is 4.14. The molecule has 1 aliphatic carbocycles. The number of piperidine rings is 1. The Bertz CT molecular complexity index is 747. The first kappa shape index (κ1) is 19.4.